The van der Waals surface area contributed by atoms with Crippen LogP contribution < -0.4 is 5.73 Å². The number of phenolic OH excluding ortho intramolecular Hbond substituents is 1. The highest BCUT2D eigenvalue weighted by molar-refractivity contribution is 7.86. The van der Waals surface area contributed by atoms with Crippen molar-refractivity contribution in [2.75, 3.05) is 5.73 Å². The van der Waals surface area contributed by atoms with Crippen molar-refractivity contribution in [2.24, 2.45) is 10.2 Å². The van der Waals surface area contributed by atoms with Gasteiger partial charge in [-0.2, -0.15) is 21.9 Å². The number of nitrogens with two attached hydrogens (primary N) is 1. The standard InChI is InChI=1S/C16H13N3O7S2/c17-10-1-6-13-9(7-10)8-14(28(24,25)26)15(16(13)20)19-18-11-2-4-12(5-3-11)27(21,22)23/h1-8,20H,17H2,(H,21,22,23)(H,24,25,26). The molecule has 0 fully saturated rings. The van der Waals surface area contributed by atoms with Gasteiger partial charge in [0.05, 0.1) is 10.6 Å². The van der Waals surface area contributed by atoms with Gasteiger partial charge in [-0.15, -0.1) is 5.11 Å². The highest BCUT2D eigenvalue weighted by atomic mass is 32.2. The number of rotatable bonds is 4. The van der Waals surface area contributed by atoms with E-state index in [1.165, 1.54) is 30.3 Å². The zero-order valence-electron chi connectivity index (χ0n) is 13.9. The van der Waals surface area contributed by atoms with Crippen molar-refractivity contribution in [3.63, 3.8) is 0 Å². The van der Waals surface area contributed by atoms with Gasteiger partial charge in [0.25, 0.3) is 20.2 Å². The molecule has 0 saturated carbocycles. The molecule has 28 heavy (non-hydrogen) atoms. The second-order valence-corrected chi connectivity index (χ2v) is 8.51. The minimum atomic E-state index is -4.76. The molecular weight excluding hydrogens is 410 g/mol. The number of hydrogen-bond acceptors (Lipinski definition) is 8. The van der Waals surface area contributed by atoms with E-state index in [0.717, 1.165) is 18.2 Å². The first-order valence-corrected chi connectivity index (χ1v) is 10.4. The van der Waals surface area contributed by atoms with E-state index in [-0.39, 0.29) is 21.4 Å². The van der Waals surface area contributed by atoms with Crippen molar-refractivity contribution in [3.8, 4) is 5.75 Å². The van der Waals surface area contributed by atoms with E-state index in [9.17, 15) is 26.5 Å². The fourth-order valence-electron chi connectivity index (χ4n) is 2.46. The molecule has 5 N–H and O–H groups in total. The van der Waals surface area contributed by atoms with Crippen LogP contribution in [0.5, 0.6) is 5.75 Å². The quantitative estimate of drug-likeness (QED) is 0.281. The molecule has 0 aliphatic carbocycles. The highest BCUT2D eigenvalue weighted by Crippen LogP contribution is 2.41. The van der Waals surface area contributed by atoms with Crippen molar-refractivity contribution in [2.45, 2.75) is 9.79 Å². The molecular formula is C16H13N3O7S2. The summed E-state index contributed by atoms with van der Waals surface area (Å²) in [6.07, 6.45) is 0. The van der Waals surface area contributed by atoms with Crippen LogP contribution >= 0.6 is 0 Å². The molecule has 146 valence electrons. The van der Waals surface area contributed by atoms with E-state index in [1.807, 2.05) is 0 Å². The Kier molecular flexibility index (Phi) is 4.81. The number of phenols is 1. The predicted molar refractivity (Wildman–Crippen MR) is 100 cm³/mol. The maximum atomic E-state index is 11.7. The zero-order valence-corrected chi connectivity index (χ0v) is 15.5. The van der Waals surface area contributed by atoms with Crippen LogP contribution in [0.1, 0.15) is 0 Å². The maximum Gasteiger partial charge on any atom is 0.296 e. The van der Waals surface area contributed by atoms with Gasteiger partial charge in [-0.3, -0.25) is 9.11 Å². The molecule has 0 atom stereocenters. The zero-order chi connectivity index (χ0) is 20.7. The van der Waals surface area contributed by atoms with Crippen LogP contribution in [0.3, 0.4) is 0 Å². The number of aromatic hydroxyl groups is 1. The number of anilines is 1. The van der Waals surface area contributed by atoms with E-state index in [0.29, 0.717) is 5.69 Å². The number of nitrogen functional groups attached to an aromatic ring is 1. The molecule has 3 rings (SSSR count). The summed E-state index contributed by atoms with van der Waals surface area (Å²) < 4.78 is 63.9. The molecule has 3 aromatic rings. The molecule has 0 spiro atoms. The molecule has 12 heteroatoms. The minimum absolute atomic E-state index is 0.102. The first-order valence-electron chi connectivity index (χ1n) is 7.49. The Morgan fingerprint density at radius 3 is 2.04 bits per heavy atom. The van der Waals surface area contributed by atoms with Crippen LogP contribution in [0.25, 0.3) is 10.8 Å². The molecule has 10 nitrogen and oxygen atoms in total. The summed E-state index contributed by atoms with van der Waals surface area (Å²) in [5.41, 5.74) is 5.57. The number of hydrogen-bond donors (Lipinski definition) is 4. The average molecular weight is 423 g/mol. The molecule has 0 unspecified atom stereocenters. The number of benzene rings is 3. The lowest BCUT2D eigenvalue weighted by molar-refractivity contribution is 0.472. The number of nitrogens with zero attached hydrogens (tertiary/aromatic N) is 2. The van der Waals surface area contributed by atoms with Crippen LogP contribution in [0.2, 0.25) is 0 Å². The Morgan fingerprint density at radius 2 is 1.46 bits per heavy atom. The number of azo groups is 1. The SMILES string of the molecule is Nc1ccc2c(O)c(N=Nc3ccc(S(=O)(=O)O)cc3)c(S(=O)(=O)O)cc2c1. The van der Waals surface area contributed by atoms with Gasteiger partial charge in [0, 0.05) is 11.1 Å². The van der Waals surface area contributed by atoms with Crippen molar-refractivity contribution in [1.29, 1.82) is 0 Å². The van der Waals surface area contributed by atoms with Gasteiger partial charge >= 0.3 is 0 Å². The van der Waals surface area contributed by atoms with Crippen molar-refractivity contribution < 1.29 is 31.0 Å². The van der Waals surface area contributed by atoms with Gasteiger partial charge in [-0.1, -0.05) is 0 Å². The van der Waals surface area contributed by atoms with Gasteiger partial charge < -0.3 is 10.8 Å². The van der Waals surface area contributed by atoms with Gasteiger partial charge in [0.2, 0.25) is 0 Å². The van der Waals surface area contributed by atoms with Crippen LogP contribution in [0, 0.1) is 0 Å². The Balaban J connectivity index is 2.15. The van der Waals surface area contributed by atoms with Crippen LogP contribution in [0.4, 0.5) is 17.1 Å². The van der Waals surface area contributed by atoms with Crippen LogP contribution in [-0.2, 0) is 20.2 Å². The molecule has 0 amide bonds. The van der Waals surface area contributed by atoms with Crippen LogP contribution in [-0.4, -0.2) is 31.0 Å². The normalized spacial score (nSPS) is 12.6. The van der Waals surface area contributed by atoms with E-state index in [2.05, 4.69) is 10.2 Å². The summed E-state index contributed by atoms with van der Waals surface area (Å²) in [7, 11) is -9.14. The Morgan fingerprint density at radius 1 is 0.821 bits per heavy atom. The Hall–Kier alpha value is -3.06. The largest absolute Gasteiger partial charge is 0.505 e. The third kappa shape index (κ3) is 3.94. The second kappa shape index (κ2) is 6.83. The molecule has 0 bridgehead atoms. The Labute approximate surface area is 159 Å². The summed E-state index contributed by atoms with van der Waals surface area (Å²) in [6.45, 7) is 0. The monoisotopic (exact) mass is 423 g/mol. The van der Waals surface area contributed by atoms with Crippen molar-refractivity contribution in [3.05, 3.63) is 48.5 Å². The van der Waals surface area contributed by atoms with Gasteiger partial charge in [-0.25, -0.2) is 0 Å². The molecule has 0 radical (unpaired) electrons. The van der Waals surface area contributed by atoms with Crippen LogP contribution in [0.15, 0.2) is 68.6 Å². The van der Waals surface area contributed by atoms with Gasteiger partial charge in [-0.05, 0) is 53.9 Å². The average Bonchev–Trinajstić information content (AvgIpc) is 2.59. The van der Waals surface area contributed by atoms with Gasteiger partial charge in [0.1, 0.15) is 10.6 Å². The lowest BCUT2D eigenvalue weighted by atomic mass is 10.1. The predicted octanol–water partition coefficient (Wildman–Crippen LogP) is 3.04. The topological polar surface area (TPSA) is 180 Å². The summed E-state index contributed by atoms with van der Waals surface area (Å²) in [4.78, 5) is -1.04. The first kappa shape index (κ1) is 19.7. The maximum absolute atomic E-state index is 11.7. The summed E-state index contributed by atoms with van der Waals surface area (Å²) in [5.74, 6) is -0.538. The first-order chi connectivity index (χ1) is 13.0. The third-order valence-electron chi connectivity index (χ3n) is 3.75. The van der Waals surface area contributed by atoms with Crippen molar-refractivity contribution in [1.82, 2.24) is 0 Å². The minimum Gasteiger partial charge on any atom is -0.505 e. The summed E-state index contributed by atoms with van der Waals surface area (Å²) in [5, 5.41) is 18.4. The highest BCUT2D eigenvalue weighted by Gasteiger charge is 2.22. The lowest BCUT2D eigenvalue weighted by Crippen LogP contribution is -1.99. The van der Waals surface area contributed by atoms with E-state index in [1.54, 1.807) is 0 Å². The summed E-state index contributed by atoms with van der Waals surface area (Å²) >= 11 is 0. The fraction of sp³-hybridized carbons (Fsp3) is 0. The second-order valence-electron chi connectivity index (χ2n) is 5.70. The van der Waals surface area contributed by atoms with E-state index < -0.39 is 36.6 Å². The molecule has 0 aromatic heterocycles. The molecule has 0 heterocycles. The smallest absolute Gasteiger partial charge is 0.296 e. The Bertz CT molecular complexity index is 1320. The number of fused-ring (bicyclic) bond motifs is 1. The summed E-state index contributed by atoms with van der Waals surface area (Å²) in [6, 6.07) is 10.00. The van der Waals surface area contributed by atoms with E-state index >= 15 is 0 Å². The molecule has 3 aromatic carbocycles. The van der Waals surface area contributed by atoms with Gasteiger partial charge in [0.15, 0.2) is 5.75 Å². The van der Waals surface area contributed by atoms with Crippen molar-refractivity contribution >= 4 is 48.1 Å². The molecule has 0 aliphatic heterocycles. The molecule has 0 aliphatic rings. The molecule has 0 saturated heterocycles. The third-order valence-corrected chi connectivity index (χ3v) is 5.49. The van der Waals surface area contributed by atoms with E-state index in [4.69, 9.17) is 10.3 Å². The lowest BCUT2D eigenvalue weighted by Gasteiger charge is -2.09. The fourth-order valence-corrected chi connectivity index (χ4v) is 3.59.